The van der Waals surface area contributed by atoms with E-state index in [1.807, 2.05) is 6.92 Å². The van der Waals surface area contributed by atoms with Crippen molar-refractivity contribution in [2.24, 2.45) is 5.73 Å². The molecule has 2 atom stereocenters. The second-order valence-corrected chi connectivity index (χ2v) is 4.30. The molecule has 0 spiro atoms. The molecule has 0 saturated carbocycles. The van der Waals surface area contributed by atoms with E-state index >= 15 is 0 Å². The molecule has 1 fully saturated rings. The molecule has 88 valence electrons. The van der Waals surface area contributed by atoms with Crippen LogP contribution in [0.3, 0.4) is 0 Å². The molecule has 0 aliphatic carbocycles. The van der Waals surface area contributed by atoms with Gasteiger partial charge >= 0.3 is 0 Å². The molecule has 1 aromatic carbocycles. The Morgan fingerprint density at radius 2 is 2.06 bits per heavy atom. The molecule has 1 aliphatic heterocycles. The number of rotatable bonds is 3. The highest BCUT2D eigenvalue weighted by molar-refractivity contribution is 5.24. The second-order valence-electron chi connectivity index (χ2n) is 4.30. The smallest absolute Gasteiger partial charge is 0.0849 e. The van der Waals surface area contributed by atoms with E-state index in [1.54, 1.807) is 0 Å². The zero-order chi connectivity index (χ0) is 11.4. The van der Waals surface area contributed by atoms with Gasteiger partial charge in [-0.05, 0) is 18.1 Å². The van der Waals surface area contributed by atoms with Crippen LogP contribution in [0.5, 0.6) is 0 Å². The SMILES string of the molecule is CC(N)c1ccc(CC2COCCO2)cc1. The van der Waals surface area contributed by atoms with Gasteiger partial charge in [-0.2, -0.15) is 0 Å². The maximum atomic E-state index is 5.80. The Morgan fingerprint density at radius 1 is 1.31 bits per heavy atom. The summed E-state index contributed by atoms with van der Waals surface area (Å²) < 4.78 is 11.0. The van der Waals surface area contributed by atoms with Crippen LogP contribution < -0.4 is 5.73 Å². The third-order valence-corrected chi connectivity index (χ3v) is 2.85. The van der Waals surface area contributed by atoms with Gasteiger partial charge in [0, 0.05) is 12.5 Å². The molecule has 0 bridgehead atoms. The van der Waals surface area contributed by atoms with Crippen LogP contribution in [-0.4, -0.2) is 25.9 Å². The molecule has 0 amide bonds. The topological polar surface area (TPSA) is 44.5 Å². The van der Waals surface area contributed by atoms with Crippen LogP contribution in [0.2, 0.25) is 0 Å². The molecule has 3 heteroatoms. The molecule has 2 unspecified atom stereocenters. The van der Waals surface area contributed by atoms with Crippen molar-refractivity contribution in [3.8, 4) is 0 Å². The fourth-order valence-electron chi connectivity index (χ4n) is 1.87. The first-order chi connectivity index (χ1) is 7.75. The normalized spacial score (nSPS) is 23.0. The molecule has 3 nitrogen and oxygen atoms in total. The van der Waals surface area contributed by atoms with Crippen LogP contribution in [0, 0.1) is 0 Å². The van der Waals surface area contributed by atoms with Gasteiger partial charge in [0.2, 0.25) is 0 Å². The van der Waals surface area contributed by atoms with Crippen molar-refractivity contribution in [3.05, 3.63) is 35.4 Å². The molecule has 16 heavy (non-hydrogen) atoms. The van der Waals surface area contributed by atoms with E-state index in [-0.39, 0.29) is 12.1 Å². The summed E-state index contributed by atoms with van der Waals surface area (Å²) in [5.74, 6) is 0. The summed E-state index contributed by atoms with van der Waals surface area (Å²) in [5, 5.41) is 0. The largest absolute Gasteiger partial charge is 0.376 e. The third-order valence-electron chi connectivity index (χ3n) is 2.85. The van der Waals surface area contributed by atoms with Crippen LogP contribution in [0.15, 0.2) is 24.3 Å². The van der Waals surface area contributed by atoms with E-state index < -0.39 is 0 Å². The molecule has 1 aliphatic rings. The van der Waals surface area contributed by atoms with E-state index in [0.29, 0.717) is 13.2 Å². The molecule has 2 rings (SSSR count). The van der Waals surface area contributed by atoms with E-state index in [2.05, 4.69) is 24.3 Å². The minimum atomic E-state index is 0.100. The molecule has 1 aromatic rings. The van der Waals surface area contributed by atoms with Crippen molar-refractivity contribution in [2.75, 3.05) is 19.8 Å². The van der Waals surface area contributed by atoms with Gasteiger partial charge in [0.15, 0.2) is 0 Å². The van der Waals surface area contributed by atoms with Gasteiger partial charge in [-0.25, -0.2) is 0 Å². The van der Waals surface area contributed by atoms with Crippen LogP contribution in [0.25, 0.3) is 0 Å². The molecular formula is C13H19NO2. The zero-order valence-electron chi connectivity index (χ0n) is 9.69. The first kappa shape index (κ1) is 11.6. The van der Waals surface area contributed by atoms with E-state index in [4.69, 9.17) is 15.2 Å². The summed E-state index contributed by atoms with van der Waals surface area (Å²) in [6.45, 7) is 4.13. The number of hydrogen-bond donors (Lipinski definition) is 1. The van der Waals surface area contributed by atoms with Crippen LogP contribution in [0.1, 0.15) is 24.1 Å². The Hall–Kier alpha value is -0.900. The van der Waals surface area contributed by atoms with Crippen molar-refractivity contribution in [3.63, 3.8) is 0 Å². The lowest BCUT2D eigenvalue weighted by Gasteiger charge is -2.23. The minimum absolute atomic E-state index is 0.100. The molecule has 0 radical (unpaired) electrons. The molecular weight excluding hydrogens is 202 g/mol. The highest BCUT2D eigenvalue weighted by Gasteiger charge is 2.14. The van der Waals surface area contributed by atoms with Crippen molar-refractivity contribution >= 4 is 0 Å². The molecule has 0 aromatic heterocycles. The Morgan fingerprint density at radius 3 is 2.62 bits per heavy atom. The van der Waals surface area contributed by atoms with Crippen molar-refractivity contribution in [1.29, 1.82) is 0 Å². The summed E-state index contributed by atoms with van der Waals surface area (Å²) in [6, 6.07) is 8.52. The summed E-state index contributed by atoms with van der Waals surface area (Å²) in [4.78, 5) is 0. The summed E-state index contributed by atoms with van der Waals surface area (Å²) >= 11 is 0. The van der Waals surface area contributed by atoms with Crippen LogP contribution >= 0.6 is 0 Å². The predicted octanol–water partition coefficient (Wildman–Crippen LogP) is 1.66. The maximum absolute atomic E-state index is 5.80. The minimum Gasteiger partial charge on any atom is -0.376 e. The molecule has 1 heterocycles. The van der Waals surface area contributed by atoms with Gasteiger partial charge in [-0.1, -0.05) is 24.3 Å². The summed E-state index contributed by atoms with van der Waals surface area (Å²) in [7, 11) is 0. The highest BCUT2D eigenvalue weighted by Crippen LogP contribution is 2.14. The number of hydrogen-bond acceptors (Lipinski definition) is 3. The lowest BCUT2D eigenvalue weighted by molar-refractivity contribution is -0.0872. The van der Waals surface area contributed by atoms with Gasteiger partial charge in [0.1, 0.15) is 0 Å². The fourth-order valence-corrected chi connectivity index (χ4v) is 1.87. The first-order valence-corrected chi connectivity index (χ1v) is 5.79. The Balaban J connectivity index is 1.93. The second kappa shape index (κ2) is 5.43. The van der Waals surface area contributed by atoms with Gasteiger partial charge in [-0.3, -0.25) is 0 Å². The Labute approximate surface area is 96.5 Å². The Kier molecular flexibility index (Phi) is 3.93. The summed E-state index contributed by atoms with van der Waals surface area (Å²) in [6.07, 6.45) is 1.12. The monoisotopic (exact) mass is 221 g/mol. The standard InChI is InChI=1S/C13H19NO2/c1-10(14)12-4-2-11(3-5-12)8-13-9-15-6-7-16-13/h2-5,10,13H,6-9,14H2,1H3. The number of ether oxygens (including phenoxy) is 2. The average molecular weight is 221 g/mol. The van der Waals surface area contributed by atoms with Crippen LogP contribution in [-0.2, 0) is 15.9 Å². The van der Waals surface area contributed by atoms with Crippen molar-refractivity contribution < 1.29 is 9.47 Å². The zero-order valence-corrected chi connectivity index (χ0v) is 9.69. The Bertz CT molecular complexity index is 315. The molecule has 2 N–H and O–H groups in total. The predicted molar refractivity (Wildman–Crippen MR) is 63.3 cm³/mol. The number of benzene rings is 1. The highest BCUT2D eigenvalue weighted by atomic mass is 16.6. The lowest BCUT2D eigenvalue weighted by atomic mass is 10.0. The fraction of sp³-hybridized carbons (Fsp3) is 0.538. The lowest BCUT2D eigenvalue weighted by Crippen LogP contribution is -2.30. The molecule has 1 saturated heterocycles. The number of nitrogens with two attached hydrogens (primary N) is 1. The van der Waals surface area contributed by atoms with E-state index in [0.717, 1.165) is 13.0 Å². The van der Waals surface area contributed by atoms with E-state index in [9.17, 15) is 0 Å². The van der Waals surface area contributed by atoms with Gasteiger partial charge in [-0.15, -0.1) is 0 Å². The summed E-state index contributed by atoms with van der Waals surface area (Å²) in [5.41, 5.74) is 8.25. The van der Waals surface area contributed by atoms with Crippen molar-refractivity contribution in [1.82, 2.24) is 0 Å². The third kappa shape index (κ3) is 3.04. The quantitative estimate of drug-likeness (QED) is 0.844. The van der Waals surface area contributed by atoms with Crippen molar-refractivity contribution in [2.45, 2.75) is 25.5 Å². The van der Waals surface area contributed by atoms with Gasteiger partial charge < -0.3 is 15.2 Å². The van der Waals surface area contributed by atoms with E-state index in [1.165, 1.54) is 11.1 Å². The van der Waals surface area contributed by atoms with Gasteiger partial charge in [0.05, 0.1) is 25.9 Å². The van der Waals surface area contributed by atoms with Gasteiger partial charge in [0.25, 0.3) is 0 Å². The van der Waals surface area contributed by atoms with Crippen LogP contribution in [0.4, 0.5) is 0 Å². The maximum Gasteiger partial charge on any atom is 0.0849 e. The average Bonchev–Trinajstić information content (AvgIpc) is 2.31. The first-order valence-electron chi connectivity index (χ1n) is 5.79.